The summed E-state index contributed by atoms with van der Waals surface area (Å²) in [6.07, 6.45) is 0. The maximum absolute atomic E-state index is 12.5. The van der Waals surface area contributed by atoms with Crippen molar-refractivity contribution in [2.75, 3.05) is 18.2 Å². The van der Waals surface area contributed by atoms with Gasteiger partial charge in [0.05, 0.1) is 0 Å². The lowest BCUT2D eigenvalue weighted by molar-refractivity contribution is -0.122. The number of benzene rings is 2. The smallest absolute Gasteiger partial charge is 0.333 e. The highest BCUT2D eigenvalue weighted by Gasteiger charge is 2.26. The minimum absolute atomic E-state index is 0.174. The standard InChI is InChI=1S/C21H19N5O5/c27-18(22-11-14-6-7-16-17(10-14)31-13-30-16)12-26-20(29)19(28)25-9-8-24(21(25)23-26)15-4-2-1-3-5-15/h1-7,10H,8-9,11-13H2,(H,22,27). The van der Waals surface area contributed by atoms with Crippen LogP contribution in [0.5, 0.6) is 11.5 Å². The number of hydrogen-bond acceptors (Lipinski definition) is 7. The molecule has 0 spiro atoms. The van der Waals surface area contributed by atoms with E-state index < -0.39 is 17.0 Å². The van der Waals surface area contributed by atoms with Crippen molar-refractivity contribution in [1.82, 2.24) is 19.7 Å². The molecule has 0 radical (unpaired) electrons. The lowest BCUT2D eigenvalue weighted by Crippen LogP contribution is -2.44. The number of nitrogens with zero attached hydrogens (tertiary/aromatic N) is 4. The van der Waals surface area contributed by atoms with Gasteiger partial charge in [0, 0.05) is 25.3 Å². The SMILES string of the molecule is O=C(Cn1nc2n(c(=O)c1=O)CCN2c1ccccc1)NCc1ccc2c(c1)OCO2. The summed E-state index contributed by atoms with van der Waals surface area (Å²) < 4.78 is 12.9. The Labute approximate surface area is 176 Å². The molecule has 0 unspecified atom stereocenters. The highest BCUT2D eigenvalue weighted by Crippen LogP contribution is 2.32. The normalized spacial score (nSPS) is 13.9. The molecule has 2 aromatic carbocycles. The molecule has 0 saturated heterocycles. The summed E-state index contributed by atoms with van der Waals surface area (Å²) >= 11 is 0. The zero-order chi connectivity index (χ0) is 21.4. The number of para-hydroxylation sites is 1. The number of ether oxygens (including phenoxy) is 2. The minimum Gasteiger partial charge on any atom is -0.454 e. The summed E-state index contributed by atoms with van der Waals surface area (Å²) in [5.41, 5.74) is 0.171. The van der Waals surface area contributed by atoms with Gasteiger partial charge < -0.3 is 19.7 Å². The molecule has 1 amide bonds. The van der Waals surface area contributed by atoms with Gasteiger partial charge in [0.15, 0.2) is 11.5 Å². The van der Waals surface area contributed by atoms with Crippen LogP contribution in [0.2, 0.25) is 0 Å². The average molecular weight is 421 g/mol. The molecule has 0 atom stereocenters. The van der Waals surface area contributed by atoms with Crippen LogP contribution in [0.15, 0.2) is 58.1 Å². The third-order valence-electron chi connectivity index (χ3n) is 5.19. The number of carbonyl (C=O) groups is 1. The molecule has 1 aromatic heterocycles. The number of fused-ring (bicyclic) bond motifs is 2. The minimum atomic E-state index is -0.822. The second-order valence-corrected chi connectivity index (χ2v) is 7.17. The Bertz CT molecular complexity index is 1270. The Balaban J connectivity index is 1.33. The van der Waals surface area contributed by atoms with Gasteiger partial charge in [-0.15, -0.1) is 5.10 Å². The van der Waals surface area contributed by atoms with Crippen molar-refractivity contribution in [3.05, 3.63) is 74.8 Å². The fourth-order valence-corrected chi connectivity index (χ4v) is 3.63. The summed E-state index contributed by atoms with van der Waals surface area (Å²) in [5.74, 6) is 1.20. The van der Waals surface area contributed by atoms with E-state index in [1.54, 1.807) is 12.1 Å². The Hall–Kier alpha value is -4.08. The van der Waals surface area contributed by atoms with E-state index in [0.29, 0.717) is 30.5 Å². The second-order valence-electron chi connectivity index (χ2n) is 7.17. The molecule has 10 heteroatoms. The molecule has 2 aliphatic heterocycles. The first-order chi connectivity index (χ1) is 15.1. The molecule has 0 fully saturated rings. The molecule has 2 aliphatic rings. The highest BCUT2D eigenvalue weighted by atomic mass is 16.7. The summed E-state index contributed by atoms with van der Waals surface area (Å²) in [4.78, 5) is 39.3. The molecule has 158 valence electrons. The van der Waals surface area contributed by atoms with Crippen LogP contribution in [0.4, 0.5) is 11.6 Å². The number of hydrogen-bond donors (Lipinski definition) is 1. The molecule has 3 heterocycles. The van der Waals surface area contributed by atoms with Gasteiger partial charge in [0.1, 0.15) is 6.54 Å². The van der Waals surface area contributed by atoms with Crippen molar-refractivity contribution in [1.29, 1.82) is 0 Å². The largest absolute Gasteiger partial charge is 0.454 e. The second kappa shape index (κ2) is 7.63. The number of rotatable bonds is 5. The highest BCUT2D eigenvalue weighted by molar-refractivity contribution is 5.75. The van der Waals surface area contributed by atoms with Crippen LogP contribution >= 0.6 is 0 Å². The third kappa shape index (κ3) is 3.52. The van der Waals surface area contributed by atoms with Gasteiger partial charge in [-0.2, -0.15) is 0 Å². The van der Waals surface area contributed by atoms with Gasteiger partial charge in [0.25, 0.3) is 0 Å². The van der Waals surface area contributed by atoms with Gasteiger partial charge in [-0.3, -0.25) is 19.0 Å². The Morgan fingerprint density at radius 3 is 2.65 bits per heavy atom. The molecule has 5 rings (SSSR count). The van der Waals surface area contributed by atoms with Crippen molar-refractivity contribution < 1.29 is 14.3 Å². The van der Waals surface area contributed by atoms with E-state index in [1.165, 1.54) is 4.57 Å². The number of nitrogens with one attached hydrogen (secondary N) is 1. The average Bonchev–Trinajstić information content (AvgIpc) is 3.43. The van der Waals surface area contributed by atoms with Crippen LogP contribution in [-0.2, 0) is 24.4 Å². The van der Waals surface area contributed by atoms with Crippen LogP contribution in [0.3, 0.4) is 0 Å². The Morgan fingerprint density at radius 2 is 1.81 bits per heavy atom. The van der Waals surface area contributed by atoms with Gasteiger partial charge in [-0.25, -0.2) is 4.68 Å². The number of anilines is 2. The number of carbonyl (C=O) groups excluding carboxylic acids is 1. The van der Waals surface area contributed by atoms with E-state index in [9.17, 15) is 14.4 Å². The van der Waals surface area contributed by atoms with Crippen LogP contribution in [0.25, 0.3) is 0 Å². The van der Waals surface area contributed by atoms with E-state index in [0.717, 1.165) is 15.9 Å². The number of aromatic nitrogens is 3. The predicted molar refractivity (Wildman–Crippen MR) is 111 cm³/mol. The summed E-state index contributed by atoms with van der Waals surface area (Å²) in [7, 11) is 0. The first-order valence-corrected chi connectivity index (χ1v) is 9.80. The zero-order valence-electron chi connectivity index (χ0n) is 16.5. The summed E-state index contributed by atoms with van der Waals surface area (Å²) in [5, 5.41) is 7.05. The number of amides is 1. The first kappa shape index (κ1) is 18.9. The topological polar surface area (TPSA) is 108 Å². The van der Waals surface area contributed by atoms with E-state index in [-0.39, 0.29) is 19.9 Å². The molecule has 0 bridgehead atoms. The Morgan fingerprint density at radius 1 is 1.00 bits per heavy atom. The first-order valence-electron chi connectivity index (χ1n) is 9.80. The maximum Gasteiger partial charge on any atom is 0.333 e. The lowest BCUT2D eigenvalue weighted by Gasteiger charge is -2.17. The van der Waals surface area contributed by atoms with Crippen LogP contribution in [0.1, 0.15) is 5.56 Å². The Kier molecular flexibility index (Phi) is 4.66. The molecular weight excluding hydrogens is 402 g/mol. The van der Waals surface area contributed by atoms with Crippen LogP contribution in [0, 0.1) is 0 Å². The van der Waals surface area contributed by atoms with Gasteiger partial charge >= 0.3 is 11.1 Å². The van der Waals surface area contributed by atoms with Crippen LogP contribution in [-0.4, -0.2) is 33.6 Å². The summed E-state index contributed by atoms with van der Waals surface area (Å²) in [6, 6.07) is 14.8. The lowest BCUT2D eigenvalue weighted by atomic mass is 10.2. The molecule has 0 aliphatic carbocycles. The van der Waals surface area contributed by atoms with Gasteiger partial charge in [0.2, 0.25) is 18.6 Å². The molecule has 10 nitrogen and oxygen atoms in total. The van der Waals surface area contributed by atoms with E-state index in [4.69, 9.17) is 9.47 Å². The van der Waals surface area contributed by atoms with Crippen molar-refractivity contribution in [2.24, 2.45) is 0 Å². The molecule has 3 aromatic rings. The molecular formula is C21H19N5O5. The van der Waals surface area contributed by atoms with E-state index in [2.05, 4.69) is 10.4 Å². The molecule has 31 heavy (non-hydrogen) atoms. The van der Waals surface area contributed by atoms with Crippen LogP contribution < -0.4 is 30.8 Å². The van der Waals surface area contributed by atoms with E-state index >= 15 is 0 Å². The van der Waals surface area contributed by atoms with Crippen molar-refractivity contribution in [2.45, 2.75) is 19.6 Å². The predicted octanol–water partition coefficient (Wildman–Crippen LogP) is 0.602. The quantitative estimate of drug-likeness (QED) is 0.601. The monoisotopic (exact) mass is 421 g/mol. The van der Waals surface area contributed by atoms with Crippen molar-refractivity contribution in [3.8, 4) is 11.5 Å². The molecule has 0 saturated carbocycles. The summed E-state index contributed by atoms with van der Waals surface area (Å²) in [6.45, 7) is 0.946. The third-order valence-corrected chi connectivity index (χ3v) is 5.19. The molecule has 1 N–H and O–H groups in total. The van der Waals surface area contributed by atoms with Gasteiger partial charge in [-0.1, -0.05) is 24.3 Å². The van der Waals surface area contributed by atoms with E-state index in [1.807, 2.05) is 41.3 Å². The van der Waals surface area contributed by atoms with Crippen molar-refractivity contribution in [3.63, 3.8) is 0 Å². The van der Waals surface area contributed by atoms with Gasteiger partial charge in [-0.05, 0) is 29.8 Å². The fraction of sp³-hybridized carbons (Fsp3) is 0.238. The fourth-order valence-electron chi connectivity index (χ4n) is 3.63. The zero-order valence-corrected chi connectivity index (χ0v) is 16.5. The van der Waals surface area contributed by atoms with Crippen molar-refractivity contribution >= 4 is 17.5 Å². The maximum atomic E-state index is 12.5.